The minimum absolute atomic E-state index is 0.0876. The molecule has 0 spiro atoms. The molecular weight excluding hydrogens is 555 g/mol. The number of amides is 1. The predicted molar refractivity (Wildman–Crippen MR) is 124 cm³/mol. The molecule has 4 heterocycles. The highest BCUT2D eigenvalue weighted by molar-refractivity contribution is 7.12. The molecule has 1 aliphatic heterocycles. The Morgan fingerprint density at radius 1 is 1.23 bits per heavy atom. The highest BCUT2D eigenvalue weighted by Crippen LogP contribution is 2.32. The van der Waals surface area contributed by atoms with Crippen molar-refractivity contribution >= 4 is 28.9 Å². The highest BCUT2D eigenvalue weighted by Gasteiger charge is 2.45. The molecule has 0 unspecified atom stereocenters. The number of carbonyl (C=O) groups excluding carboxylic acids is 2. The molecule has 0 aliphatic carbocycles. The molecule has 11 nitrogen and oxygen atoms in total. The van der Waals surface area contributed by atoms with Crippen LogP contribution in [0.1, 0.15) is 15.3 Å². The lowest BCUT2D eigenvalue weighted by molar-refractivity contribution is -0.202. The molecule has 3 aromatic heterocycles. The van der Waals surface area contributed by atoms with Gasteiger partial charge in [-0.3, -0.25) is 9.36 Å². The summed E-state index contributed by atoms with van der Waals surface area (Å²) in [6.45, 7) is -1.46. The number of fused-ring (bicyclic) bond motifs is 1. The first-order valence-corrected chi connectivity index (χ1v) is 11.5. The number of alkyl halides is 3. The van der Waals surface area contributed by atoms with Gasteiger partial charge in [0, 0.05) is 28.8 Å². The molecule has 4 rings (SSSR count). The number of rotatable bonds is 6. The second-order valence-corrected chi connectivity index (χ2v) is 8.85. The van der Waals surface area contributed by atoms with Crippen molar-refractivity contribution in [1.82, 2.24) is 19.3 Å². The zero-order chi connectivity index (χ0) is 28.3. The number of anilines is 1. The van der Waals surface area contributed by atoms with Gasteiger partial charge < -0.3 is 15.3 Å². The van der Waals surface area contributed by atoms with Crippen molar-refractivity contribution in [2.45, 2.75) is 19.3 Å². The summed E-state index contributed by atoms with van der Waals surface area (Å²) in [6, 6.07) is 4.50. The first-order valence-electron chi connectivity index (χ1n) is 10.7. The lowest BCUT2D eigenvalue weighted by Crippen LogP contribution is -2.43. The molecule has 0 fully saturated rings. The molecule has 3 aromatic rings. The Bertz CT molecular complexity index is 1580. The van der Waals surface area contributed by atoms with Crippen LogP contribution in [0.4, 0.5) is 27.6 Å². The maximum atomic E-state index is 12.8. The molecule has 204 valence electrons. The zero-order valence-electron chi connectivity index (χ0n) is 19.4. The van der Waals surface area contributed by atoms with Crippen molar-refractivity contribution in [3.05, 3.63) is 68.2 Å². The Morgan fingerprint density at radius 2 is 2.00 bits per heavy atom. The van der Waals surface area contributed by atoms with Gasteiger partial charge in [0.1, 0.15) is 12.0 Å². The lowest BCUT2D eigenvalue weighted by atomic mass is 10.2. The molecule has 1 amide bonds. The molecule has 0 saturated heterocycles. The van der Waals surface area contributed by atoms with E-state index in [1.807, 2.05) is 0 Å². The number of thiophene rings is 1. The molecule has 0 radical (unpaired) electrons. The van der Waals surface area contributed by atoms with Gasteiger partial charge in [-0.2, -0.15) is 27.1 Å². The summed E-state index contributed by atoms with van der Waals surface area (Å²) in [6.07, 6.45) is -4.85. The van der Waals surface area contributed by atoms with Crippen LogP contribution >= 0.6 is 11.3 Å². The van der Waals surface area contributed by atoms with E-state index in [1.54, 1.807) is 12.1 Å². The van der Waals surface area contributed by atoms with Crippen molar-refractivity contribution < 1.29 is 41.1 Å². The van der Waals surface area contributed by atoms with Gasteiger partial charge in [-0.15, -0.1) is 16.4 Å². The average Bonchev–Trinajstić information content (AvgIpc) is 3.48. The summed E-state index contributed by atoms with van der Waals surface area (Å²) in [5.41, 5.74) is 4.07. The van der Waals surface area contributed by atoms with Crippen LogP contribution in [0.2, 0.25) is 0 Å². The van der Waals surface area contributed by atoms with E-state index in [4.69, 9.17) is 10.5 Å². The van der Waals surface area contributed by atoms with Crippen LogP contribution in [0, 0.1) is 11.8 Å². The number of aromatic nitrogens is 4. The van der Waals surface area contributed by atoms with Gasteiger partial charge in [-0.05, 0) is 18.2 Å². The van der Waals surface area contributed by atoms with Crippen molar-refractivity contribution in [1.29, 1.82) is 0 Å². The smallest absolute Gasteiger partial charge is 0.466 e. The maximum Gasteiger partial charge on any atom is 0.493 e. The summed E-state index contributed by atoms with van der Waals surface area (Å²) in [4.78, 5) is 45.0. The van der Waals surface area contributed by atoms with Crippen LogP contribution < -0.4 is 21.2 Å². The fourth-order valence-corrected chi connectivity index (χ4v) is 3.99. The first-order chi connectivity index (χ1) is 18.5. The third-order valence-corrected chi connectivity index (χ3v) is 5.97. The zero-order valence-corrected chi connectivity index (χ0v) is 20.2. The van der Waals surface area contributed by atoms with Crippen LogP contribution in [-0.4, -0.2) is 50.5 Å². The van der Waals surface area contributed by atoms with Crippen molar-refractivity contribution in [2.24, 2.45) is 5.73 Å². The number of hydrogen-bond acceptors (Lipinski definition) is 9. The van der Waals surface area contributed by atoms with E-state index in [2.05, 4.69) is 26.8 Å². The summed E-state index contributed by atoms with van der Waals surface area (Å²) in [5.74, 6) is 1.66. The third-order valence-electron chi connectivity index (χ3n) is 4.98. The molecule has 0 atom stereocenters. The van der Waals surface area contributed by atoms with E-state index in [0.29, 0.717) is 9.75 Å². The topological polar surface area (TPSA) is 135 Å². The molecule has 0 aromatic carbocycles. The Kier molecular flexibility index (Phi) is 7.78. The molecule has 2 N–H and O–H groups in total. The number of pyridine rings is 1. The second-order valence-electron chi connectivity index (χ2n) is 7.68. The molecule has 0 saturated carbocycles. The standard InChI is InChI=1S/C22H15F5N6O5S/c23-18(24)13(6-28)8-32-21(36)31(11-30-32)9-15-4-3-14(39-15)2-1-12-5-16-19(29-7-12)37-10-17(34)33(16)38-20(35)22(25,26)27/h3-5,7,11H,6,8-10,28H2. The van der Waals surface area contributed by atoms with E-state index in [1.165, 1.54) is 34.5 Å². The molecule has 1 aliphatic rings. The fraction of sp³-hybridized carbons (Fsp3) is 0.227. The monoisotopic (exact) mass is 570 g/mol. The van der Waals surface area contributed by atoms with Gasteiger partial charge in [-0.1, -0.05) is 11.8 Å². The van der Waals surface area contributed by atoms with Crippen molar-refractivity contribution in [3.63, 3.8) is 0 Å². The number of ether oxygens (including phenoxy) is 1. The van der Waals surface area contributed by atoms with Gasteiger partial charge in [0.25, 0.3) is 12.0 Å². The Balaban J connectivity index is 1.50. The minimum atomic E-state index is -5.33. The summed E-state index contributed by atoms with van der Waals surface area (Å²) < 4.78 is 70.6. The summed E-state index contributed by atoms with van der Waals surface area (Å²) in [5, 5.41) is 3.98. The van der Waals surface area contributed by atoms with Gasteiger partial charge >= 0.3 is 17.8 Å². The Labute approximate surface area is 218 Å². The summed E-state index contributed by atoms with van der Waals surface area (Å²) in [7, 11) is 0. The normalized spacial score (nSPS) is 12.8. The van der Waals surface area contributed by atoms with Gasteiger partial charge in [0.2, 0.25) is 5.88 Å². The maximum absolute atomic E-state index is 12.8. The van der Waals surface area contributed by atoms with Crippen LogP contribution in [0.25, 0.3) is 0 Å². The van der Waals surface area contributed by atoms with Crippen LogP contribution in [-0.2, 0) is 27.5 Å². The Hall–Kier alpha value is -4.56. The van der Waals surface area contributed by atoms with E-state index in [9.17, 15) is 36.3 Å². The van der Waals surface area contributed by atoms with Gasteiger partial charge in [0.05, 0.1) is 18.0 Å². The second kappa shape index (κ2) is 11.0. The molecular formula is C22H15F5N6O5S. The minimum Gasteiger partial charge on any atom is -0.466 e. The molecule has 0 bridgehead atoms. The largest absolute Gasteiger partial charge is 0.493 e. The number of nitrogens with two attached hydrogens (primary N) is 1. The van der Waals surface area contributed by atoms with Gasteiger partial charge in [0.15, 0.2) is 6.61 Å². The average molecular weight is 570 g/mol. The Morgan fingerprint density at radius 3 is 2.69 bits per heavy atom. The number of halogens is 5. The fourth-order valence-electron chi connectivity index (χ4n) is 3.13. The number of nitrogens with zero attached hydrogens (tertiary/aromatic N) is 5. The lowest BCUT2D eigenvalue weighted by Gasteiger charge is -2.26. The number of hydrogen-bond donors (Lipinski definition) is 1. The first kappa shape index (κ1) is 27.5. The van der Waals surface area contributed by atoms with E-state index >= 15 is 0 Å². The van der Waals surface area contributed by atoms with E-state index < -0.39 is 55.1 Å². The van der Waals surface area contributed by atoms with Crippen LogP contribution in [0.5, 0.6) is 5.88 Å². The van der Waals surface area contributed by atoms with E-state index in [-0.39, 0.29) is 28.7 Å². The van der Waals surface area contributed by atoms with Crippen LogP contribution in [0.3, 0.4) is 0 Å². The van der Waals surface area contributed by atoms with Crippen LogP contribution in [0.15, 0.2) is 47.2 Å². The molecule has 17 heteroatoms. The quantitative estimate of drug-likeness (QED) is 0.350. The summed E-state index contributed by atoms with van der Waals surface area (Å²) >= 11 is 1.21. The van der Waals surface area contributed by atoms with Crippen molar-refractivity contribution in [3.8, 4) is 17.7 Å². The number of carbonyl (C=O) groups is 2. The highest BCUT2D eigenvalue weighted by atomic mass is 32.1. The predicted octanol–water partition coefficient (Wildman–Crippen LogP) is 1.80. The van der Waals surface area contributed by atoms with E-state index in [0.717, 1.165) is 4.68 Å². The number of hydroxylamine groups is 1. The SMILES string of the molecule is NCC(Cn1ncn(Cc2ccc(C#Cc3cnc4c(c3)N(OC(=O)C(F)(F)F)C(=O)CO4)s2)c1=O)=C(F)F. The van der Waals surface area contributed by atoms with Crippen molar-refractivity contribution in [2.75, 3.05) is 18.2 Å². The molecule has 39 heavy (non-hydrogen) atoms. The van der Waals surface area contributed by atoms with Gasteiger partial charge in [-0.25, -0.2) is 19.3 Å². The third kappa shape index (κ3) is 6.30.